The van der Waals surface area contributed by atoms with Crippen molar-refractivity contribution in [3.63, 3.8) is 0 Å². The molecule has 1 aliphatic carbocycles. The second-order valence-corrected chi connectivity index (χ2v) is 3.97. The molecule has 5 heteroatoms. The molecule has 0 unspecified atom stereocenters. The van der Waals surface area contributed by atoms with Crippen molar-refractivity contribution in [3.8, 4) is 16.9 Å². The van der Waals surface area contributed by atoms with Crippen LogP contribution in [-0.2, 0) is 0 Å². The molecular formula is C13H12N4O. The molecule has 0 radical (unpaired) electrons. The number of H-pyrrole nitrogens is 1. The van der Waals surface area contributed by atoms with Crippen LogP contribution in [0.25, 0.3) is 16.9 Å². The monoisotopic (exact) mass is 240 g/mol. The first kappa shape index (κ1) is 10.5. The smallest absolute Gasteiger partial charge is 0.317 e. The zero-order valence-corrected chi connectivity index (χ0v) is 9.55. The molecule has 0 saturated carbocycles. The number of carbonyl (C=O) groups excluding carboxylic acids is 1. The summed E-state index contributed by atoms with van der Waals surface area (Å²) in [4.78, 5) is 11.1. The number of carbonyl (C=O) groups is 1. The van der Waals surface area contributed by atoms with Crippen molar-refractivity contribution in [3.05, 3.63) is 48.5 Å². The van der Waals surface area contributed by atoms with Crippen LogP contribution in [0.2, 0.25) is 0 Å². The molecule has 0 bridgehead atoms. The maximum absolute atomic E-state index is 11.1. The van der Waals surface area contributed by atoms with E-state index in [-0.39, 0.29) is 0 Å². The minimum atomic E-state index is -0.582. The first-order valence-corrected chi connectivity index (χ1v) is 5.57. The average molecular weight is 240 g/mol. The summed E-state index contributed by atoms with van der Waals surface area (Å²) in [6.45, 7) is 0. The van der Waals surface area contributed by atoms with E-state index in [2.05, 4.69) is 10.4 Å². The van der Waals surface area contributed by atoms with E-state index < -0.39 is 6.03 Å². The first-order valence-electron chi connectivity index (χ1n) is 5.57. The number of para-hydroxylation sites is 1. The van der Waals surface area contributed by atoms with Crippen LogP contribution in [0.4, 0.5) is 10.6 Å². The minimum Gasteiger partial charge on any atom is -0.351 e. The Hall–Kier alpha value is -2.69. The maximum atomic E-state index is 11.1. The van der Waals surface area contributed by atoms with E-state index in [4.69, 9.17) is 5.73 Å². The molecule has 0 saturated heterocycles. The lowest BCUT2D eigenvalue weighted by Crippen LogP contribution is -2.21. The lowest BCUT2D eigenvalue weighted by molar-refractivity contribution is 0.259. The highest BCUT2D eigenvalue weighted by Crippen LogP contribution is 2.32. The summed E-state index contributed by atoms with van der Waals surface area (Å²) < 4.78 is 1.80. The number of primary amides is 1. The third-order valence-electron chi connectivity index (χ3n) is 2.78. The van der Waals surface area contributed by atoms with Crippen LogP contribution in [0.3, 0.4) is 0 Å². The number of amides is 2. The summed E-state index contributed by atoms with van der Waals surface area (Å²) >= 11 is 0. The van der Waals surface area contributed by atoms with Gasteiger partial charge in [0.25, 0.3) is 0 Å². The van der Waals surface area contributed by atoms with Gasteiger partial charge in [0, 0.05) is 5.56 Å². The van der Waals surface area contributed by atoms with Gasteiger partial charge in [0.05, 0.1) is 11.4 Å². The summed E-state index contributed by atoms with van der Waals surface area (Å²) in [6, 6.07) is 14.9. The SMILES string of the molecule is NC(=O)Nc1c2cccc-2[nH]n1-c1ccccc1. The molecule has 0 aromatic heterocycles. The number of aromatic nitrogens is 2. The fourth-order valence-electron chi connectivity index (χ4n) is 2.03. The molecule has 0 fully saturated rings. The molecule has 5 nitrogen and oxygen atoms in total. The van der Waals surface area contributed by atoms with Crippen molar-refractivity contribution in [1.29, 1.82) is 0 Å². The van der Waals surface area contributed by atoms with E-state index in [1.54, 1.807) is 4.68 Å². The Morgan fingerprint density at radius 1 is 1.11 bits per heavy atom. The topological polar surface area (TPSA) is 75.8 Å². The molecule has 0 atom stereocenters. The van der Waals surface area contributed by atoms with Crippen molar-refractivity contribution in [2.24, 2.45) is 5.73 Å². The quantitative estimate of drug-likeness (QED) is 0.632. The predicted molar refractivity (Wildman–Crippen MR) is 69.9 cm³/mol. The lowest BCUT2D eigenvalue weighted by Gasteiger charge is -2.08. The molecule has 4 N–H and O–H groups in total. The van der Waals surface area contributed by atoms with Crippen LogP contribution in [0, 0.1) is 0 Å². The highest BCUT2D eigenvalue weighted by molar-refractivity contribution is 5.93. The number of nitrogens with two attached hydrogens (primary N) is 1. The molecule has 1 aliphatic heterocycles. The average Bonchev–Trinajstić information content (AvgIpc) is 2.93. The number of hydrogen-bond acceptors (Lipinski definition) is 1. The number of nitrogens with zero attached hydrogens (tertiary/aromatic N) is 1. The molecule has 3 rings (SSSR count). The first-order chi connectivity index (χ1) is 8.75. The Morgan fingerprint density at radius 3 is 2.61 bits per heavy atom. The van der Waals surface area contributed by atoms with Crippen LogP contribution in [0.1, 0.15) is 0 Å². The summed E-state index contributed by atoms with van der Waals surface area (Å²) in [5.41, 5.74) is 8.02. The molecule has 0 spiro atoms. The van der Waals surface area contributed by atoms with E-state index in [1.165, 1.54) is 0 Å². The van der Waals surface area contributed by atoms with Crippen LogP contribution >= 0.6 is 0 Å². The van der Waals surface area contributed by atoms with Gasteiger partial charge in [-0.1, -0.05) is 24.3 Å². The number of anilines is 1. The number of hydrogen-bond donors (Lipinski definition) is 3. The van der Waals surface area contributed by atoms with Gasteiger partial charge < -0.3 is 5.73 Å². The van der Waals surface area contributed by atoms with Gasteiger partial charge in [0.2, 0.25) is 0 Å². The van der Waals surface area contributed by atoms with Crippen molar-refractivity contribution >= 4 is 11.8 Å². The summed E-state index contributed by atoms with van der Waals surface area (Å²) in [7, 11) is 0. The third-order valence-corrected chi connectivity index (χ3v) is 2.78. The van der Waals surface area contributed by atoms with Crippen molar-refractivity contribution in [2.45, 2.75) is 0 Å². The number of rotatable bonds is 2. The number of nitrogens with one attached hydrogen (secondary N) is 2. The number of urea groups is 1. The fourth-order valence-corrected chi connectivity index (χ4v) is 2.03. The van der Waals surface area contributed by atoms with Gasteiger partial charge in [-0.3, -0.25) is 10.4 Å². The van der Waals surface area contributed by atoms with Gasteiger partial charge >= 0.3 is 6.03 Å². The molecule has 1 aromatic rings. The predicted octanol–water partition coefficient (Wildman–Crippen LogP) is 2.40. The van der Waals surface area contributed by atoms with Crippen LogP contribution in [-0.4, -0.2) is 15.8 Å². The molecule has 2 aliphatic rings. The molecule has 18 heavy (non-hydrogen) atoms. The van der Waals surface area contributed by atoms with Crippen molar-refractivity contribution in [2.75, 3.05) is 5.32 Å². The zero-order valence-electron chi connectivity index (χ0n) is 9.55. The summed E-state index contributed by atoms with van der Waals surface area (Å²) in [5.74, 6) is 0.647. The second kappa shape index (κ2) is 3.96. The minimum absolute atomic E-state index is 0.582. The van der Waals surface area contributed by atoms with Gasteiger partial charge in [0.1, 0.15) is 5.82 Å². The largest absolute Gasteiger partial charge is 0.351 e. The Bertz CT molecular complexity index is 653. The fraction of sp³-hybridized carbons (Fsp3) is 0. The Morgan fingerprint density at radius 2 is 1.89 bits per heavy atom. The van der Waals surface area contributed by atoms with E-state index in [9.17, 15) is 4.79 Å². The van der Waals surface area contributed by atoms with Crippen molar-refractivity contribution < 1.29 is 4.79 Å². The van der Waals surface area contributed by atoms with E-state index >= 15 is 0 Å². The Balaban J connectivity index is 2.18. The Labute approximate surface area is 104 Å². The standard InChI is InChI=1S/C13H12N4O/c14-13(18)15-12-10-7-4-8-11(10)16-17(12)9-5-2-1-3-6-9/h1-8,16H,(H3,14,15,18). The lowest BCUT2D eigenvalue weighted by atomic mass is 10.3. The molecular weight excluding hydrogens is 228 g/mol. The van der Waals surface area contributed by atoms with Crippen LogP contribution in [0.15, 0.2) is 48.5 Å². The number of fused-ring (bicyclic) bond motifs is 1. The van der Waals surface area contributed by atoms with E-state index in [1.807, 2.05) is 48.5 Å². The van der Waals surface area contributed by atoms with Crippen LogP contribution in [0.5, 0.6) is 0 Å². The van der Waals surface area contributed by atoms with Gasteiger partial charge in [-0.05, 0) is 24.3 Å². The van der Waals surface area contributed by atoms with Gasteiger partial charge in [-0.25, -0.2) is 9.48 Å². The number of aromatic amines is 1. The van der Waals surface area contributed by atoms with Gasteiger partial charge in [0.15, 0.2) is 0 Å². The highest BCUT2D eigenvalue weighted by atomic mass is 16.2. The normalized spacial score (nSPS) is 10.7. The zero-order chi connectivity index (χ0) is 12.5. The molecule has 2 amide bonds. The van der Waals surface area contributed by atoms with Gasteiger partial charge in [-0.15, -0.1) is 0 Å². The summed E-state index contributed by atoms with van der Waals surface area (Å²) in [6.07, 6.45) is 0. The molecule has 1 aromatic carbocycles. The second-order valence-electron chi connectivity index (χ2n) is 3.97. The maximum Gasteiger partial charge on any atom is 0.317 e. The molecule has 1 heterocycles. The third kappa shape index (κ3) is 1.62. The molecule has 90 valence electrons. The summed E-state index contributed by atoms with van der Waals surface area (Å²) in [5, 5.41) is 5.86. The van der Waals surface area contributed by atoms with E-state index in [0.717, 1.165) is 16.9 Å². The van der Waals surface area contributed by atoms with Crippen LogP contribution < -0.4 is 11.1 Å². The van der Waals surface area contributed by atoms with E-state index in [0.29, 0.717) is 5.82 Å². The Kier molecular flexibility index (Phi) is 2.30. The van der Waals surface area contributed by atoms with Crippen molar-refractivity contribution in [1.82, 2.24) is 9.78 Å². The number of benzene rings is 1. The highest BCUT2D eigenvalue weighted by Gasteiger charge is 2.17. The van der Waals surface area contributed by atoms with Gasteiger partial charge in [-0.2, -0.15) is 0 Å².